The predicted octanol–water partition coefficient (Wildman–Crippen LogP) is 3.30. The monoisotopic (exact) mass is 473 g/mol. The number of halogens is 1. The zero-order valence-corrected chi connectivity index (χ0v) is 18.2. The second kappa shape index (κ2) is 7.68. The van der Waals surface area contributed by atoms with Crippen molar-refractivity contribution in [1.29, 1.82) is 0 Å². The Morgan fingerprint density at radius 2 is 1.79 bits per heavy atom. The number of aryl methyl sites for hydroxylation is 1. The number of carbonyl (C=O) groups excluding carboxylic acids is 1. The first-order valence-electron chi connectivity index (χ1n) is 9.06. The van der Waals surface area contributed by atoms with Crippen LogP contribution in [-0.4, -0.2) is 53.9 Å². The molecule has 7 nitrogen and oxygen atoms in total. The third-order valence-corrected chi connectivity index (χ3v) is 9.12. The zero-order chi connectivity index (χ0) is 20.7. The van der Waals surface area contributed by atoms with Crippen LogP contribution in [0.3, 0.4) is 0 Å². The summed E-state index contributed by atoms with van der Waals surface area (Å²) in [5.74, 6) is -1.69. The Morgan fingerprint density at radius 1 is 1.21 bits per heavy atom. The molecule has 0 radical (unpaired) electrons. The molecule has 9 heteroatoms. The van der Waals surface area contributed by atoms with Gasteiger partial charge in [0.25, 0.3) is 0 Å². The van der Waals surface area contributed by atoms with Crippen LogP contribution < -0.4 is 0 Å². The van der Waals surface area contributed by atoms with Crippen molar-refractivity contribution in [3.8, 4) is 0 Å². The molecule has 0 unspecified atom stereocenters. The molecule has 0 atom stereocenters. The van der Waals surface area contributed by atoms with Crippen molar-refractivity contribution in [2.24, 2.45) is 0 Å². The van der Waals surface area contributed by atoms with Gasteiger partial charge >= 0.3 is 5.97 Å². The molecule has 1 heterocycles. The van der Waals surface area contributed by atoms with Gasteiger partial charge in [0.05, 0.1) is 7.11 Å². The summed E-state index contributed by atoms with van der Waals surface area (Å²) in [5, 5.41) is 19.6. The lowest BCUT2D eigenvalue weighted by atomic mass is 9.89. The summed E-state index contributed by atoms with van der Waals surface area (Å²) in [4.78, 5) is 12.4. The topological polar surface area (TPSA) is 104 Å². The van der Waals surface area contributed by atoms with Crippen molar-refractivity contribution in [2.45, 2.75) is 43.3 Å². The van der Waals surface area contributed by atoms with Gasteiger partial charge in [-0.3, -0.25) is 4.79 Å². The first-order chi connectivity index (χ1) is 13.1. The third kappa shape index (κ3) is 3.44. The van der Waals surface area contributed by atoms with E-state index in [1.54, 1.807) is 0 Å². The smallest absolute Gasteiger partial charge is 0.329 e. The van der Waals surface area contributed by atoms with Crippen molar-refractivity contribution >= 4 is 31.9 Å². The second-order valence-electron chi connectivity index (χ2n) is 7.42. The van der Waals surface area contributed by atoms with Crippen molar-refractivity contribution in [3.63, 3.8) is 0 Å². The van der Waals surface area contributed by atoms with E-state index in [1.807, 2.05) is 19.1 Å². The molecule has 0 aromatic heterocycles. The Morgan fingerprint density at radius 3 is 2.29 bits per heavy atom. The minimum atomic E-state index is -4.13. The fourth-order valence-corrected chi connectivity index (χ4v) is 6.39. The van der Waals surface area contributed by atoms with Crippen LogP contribution >= 0.6 is 15.9 Å². The van der Waals surface area contributed by atoms with Crippen molar-refractivity contribution in [2.75, 3.05) is 20.2 Å². The number of allylic oxidation sites excluding steroid dienone is 2. The quantitative estimate of drug-likeness (QED) is 0.650. The van der Waals surface area contributed by atoms with Gasteiger partial charge in [-0.25, -0.2) is 12.7 Å². The van der Waals surface area contributed by atoms with E-state index in [2.05, 4.69) is 22.0 Å². The van der Waals surface area contributed by atoms with E-state index in [0.29, 0.717) is 12.8 Å². The van der Waals surface area contributed by atoms with E-state index < -0.39 is 45.1 Å². The number of esters is 1. The summed E-state index contributed by atoms with van der Waals surface area (Å²) in [5.41, 5.74) is 2.29. The number of sulfonamides is 1. The molecule has 1 saturated heterocycles. The molecule has 1 aromatic carbocycles. The summed E-state index contributed by atoms with van der Waals surface area (Å²) in [7, 11) is -3.03. The average molecular weight is 474 g/mol. The molecule has 0 amide bonds. The molecular weight excluding hydrogens is 450 g/mol. The van der Waals surface area contributed by atoms with Crippen LogP contribution in [0, 0.1) is 6.92 Å². The highest BCUT2D eigenvalue weighted by Gasteiger charge is 2.59. The van der Waals surface area contributed by atoms with Gasteiger partial charge in [0.2, 0.25) is 10.0 Å². The number of hydrogen-bond donors (Lipinski definition) is 2. The summed E-state index contributed by atoms with van der Waals surface area (Å²) < 4.78 is 31.7. The molecule has 0 saturated carbocycles. The van der Waals surface area contributed by atoms with Gasteiger partial charge < -0.3 is 14.9 Å². The van der Waals surface area contributed by atoms with Crippen LogP contribution in [0.2, 0.25) is 0 Å². The Kier molecular flexibility index (Phi) is 5.80. The minimum absolute atomic E-state index is 0.232. The van der Waals surface area contributed by atoms with E-state index >= 15 is 0 Å². The third-order valence-electron chi connectivity index (χ3n) is 5.74. The molecule has 154 valence electrons. The van der Waals surface area contributed by atoms with Crippen molar-refractivity contribution in [1.82, 2.24) is 4.31 Å². The Bertz CT molecular complexity index is 904. The number of aliphatic hydroxyl groups is 2. The molecule has 1 aliphatic heterocycles. The Hall–Kier alpha value is -1.58. The maximum atomic E-state index is 13.3. The fourth-order valence-electron chi connectivity index (χ4n) is 4.02. The summed E-state index contributed by atoms with van der Waals surface area (Å²) in [6, 6.07) is 6.14. The van der Waals surface area contributed by atoms with Crippen LogP contribution in [0.1, 0.15) is 42.7 Å². The van der Waals surface area contributed by atoms with E-state index in [4.69, 9.17) is 4.74 Å². The van der Waals surface area contributed by atoms with Crippen molar-refractivity contribution < 1.29 is 28.2 Å². The molecule has 0 bridgehead atoms. The Labute approximate surface area is 173 Å². The summed E-state index contributed by atoms with van der Waals surface area (Å²) in [6.45, 7) is 2.55. The van der Waals surface area contributed by atoms with Gasteiger partial charge in [-0.15, -0.1) is 0 Å². The number of methoxy groups -OCH3 is 1. The normalized spacial score (nSPS) is 21.1. The van der Waals surface area contributed by atoms with E-state index in [0.717, 1.165) is 17.1 Å². The zero-order valence-electron chi connectivity index (χ0n) is 15.8. The highest BCUT2D eigenvalue weighted by molar-refractivity contribution is 9.10. The van der Waals surface area contributed by atoms with Gasteiger partial charge in [0.1, 0.15) is 11.5 Å². The predicted molar refractivity (Wildman–Crippen MR) is 108 cm³/mol. The second-order valence-corrected chi connectivity index (χ2v) is 10.5. The first-order valence-corrected chi connectivity index (χ1v) is 11.3. The number of rotatable bonds is 4. The molecule has 1 aliphatic carbocycles. The molecule has 2 aliphatic rings. The number of piperidine rings is 1. The van der Waals surface area contributed by atoms with E-state index in [-0.39, 0.29) is 19.0 Å². The standard InChI is InChI=1S/C19H24BrNO6S/c1-12-9-14(3-4-15(12)20)13-5-7-21(8-6-13)28(25,26)19(18(24)27-2)10-16(22)17(23)11-19/h3-4,9,13,22-23H,5-8,10-11H2,1-2H3. The average Bonchev–Trinajstić information content (AvgIpc) is 2.99. The lowest BCUT2D eigenvalue weighted by Crippen LogP contribution is -2.54. The molecule has 28 heavy (non-hydrogen) atoms. The van der Waals surface area contributed by atoms with Crippen LogP contribution in [0.5, 0.6) is 0 Å². The largest absolute Gasteiger partial charge is 0.509 e. The molecule has 1 aromatic rings. The van der Waals surface area contributed by atoms with Crippen molar-refractivity contribution in [3.05, 3.63) is 45.3 Å². The van der Waals surface area contributed by atoms with Crippen LogP contribution in [-0.2, 0) is 19.6 Å². The van der Waals surface area contributed by atoms with Gasteiger partial charge in [0, 0.05) is 30.4 Å². The van der Waals surface area contributed by atoms with Crippen LogP contribution in [0.25, 0.3) is 0 Å². The summed E-state index contributed by atoms with van der Waals surface area (Å²) >= 11 is 3.49. The maximum absolute atomic E-state index is 13.3. The minimum Gasteiger partial charge on any atom is -0.509 e. The van der Waals surface area contributed by atoms with Gasteiger partial charge in [-0.05, 0) is 42.9 Å². The first kappa shape index (κ1) is 21.1. The summed E-state index contributed by atoms with van der Waals surface area (Å²) in [6.07, 6.45) is 0.311. The van der Waals surface area contributed by atoms with Crippen LogP contribution in [0.15, 0.2) is 34.2 Å². The van der Waals surface area contributed by atoms with Gasteiger partial charge in [0.15, 0.2) is 4.75 Å². The maximum Gasteiger partial charge on any atom is 0.329 e. The SMILES string of the molecule is COC(=O)C1(S(=O)(=O)N2CCC(c3ccc(Br)c(C)c3)CC2)CC(O)=C(O)C1. The number of benzene rings is 1. The molecule has 2 N–H and O–H groups in total. The van der Waals surface area contributed by atoms with Gasteiger partial charge in [-0.1, -0.05) is 28.1 Å². The number of nitrogens with zero attached hydrogens (tertiary/aromatic N) is 1. The number of hydrogen-bond acceptors (Lipinski definition) is 6. The van der Waals surface area contributed by atoms with Gasteiger partial charge in [-0.2, -0.15) is 0 Å². The fraction of sp³-hybridized carbons (Fsp3) is 0.526. The number of carbonyl (C=O) groups is 1. The molecule has 3 rings (SSSR count). The lowest BCUT2D eigenvalue weighted by Gasteiger charge is -2.37. The molecular formula is C19H24BrNO6S. The van der Waals surface area contributed by atoms with E-state index in [1.165, 1.54) is 9.87 Å². The van der Waals surface area contributed by atoms with E-state index in [9.17, 15) is 23.4 Å². The highest BCUT2D eigenvalue weighted by atomic mass is 79.9. The lowest BCUT2D eigenvalue weighted by molar-refractivity contribution is -0.143. The molecule has 0 spiro atoms. The number of ether oxygens (including phenoxy) is 1. The molecule has 1 fully saturated rings. The van der Waals surface area contributed by atoms with Crippen LogP contribution in [0.4, 0.5) is 0 Å². The Balaban J connectivity index is 1.80. The highest BCUT2D eigenvalue weighted by Crippen LogP contribution is 2.43. The number of aliphatic hydroxyl groups excluding tert-OH is 2.